The van der Waals surface area contributed by atoms with E-state index >= 15 is 0 Å². The van der Waals surface area contributed by atoms with Crippen molar-refractivity contribution in [2.45, 2.75) is 0 Å². The van der Waals surface area contributed by atoms with Gasteiger partial charge in [0.25, 0.3) is 5.91 Å². The summed E-state index contributed by atoms with van der Waals surface area (Å²) >= 11 is 0. The van der Waals surface area contributed by atoms with Crippen molar-refractivity contribution in [2.24, 2.45) is 5.10 Å². The topological polar surface area (TPSA) is 96.9 Å². The fraction of sp³-hybridized carbons (Fsp3) is 0. The third-order valence-corrected chi connectivity index (χ3v) is 3.39. The van der Waals surface area contributed by atoms with Crippen LogP contribution in [0.5, 0.6) is 0 Å². The molecule has 7 heteroatoms. The lowest BCUT2D eigenvalue weighted by Gasteiger charge is -2.14. The number of amides is 1. The summed E-state index contributed by atoms with van der Waals surface area (Å²) in [6, 6.07) is 15.1. The number of carboxylic acids is 1. The van der Waals surface area contributed by atoms with Gasteiger partial charge in [0.1, 0.15) is 0 Å². The van der Waals surface area contributed by atoms with Crippen LogP contribution in [0.25, 0.3) is 0 Å². The van der Waals surface area contributed by atoms with Crippen LogP contribution in [0.4, 0.5) is 11.4 Å². The van der Waals surface area contributed by atoms with Crippen LogP contribution in [0.15, 0.2) is 72.0 Å². The molecule has 7 nitrogen and oxygen atoms in total. The molecule has 0 spiro atoms. The summed E-state index contributed by atoms with van der Waals surface area (Å²) < 4.78 is 0. The predicted octanol–water partition coefficient (Wildman–Crippen LogP) is 0.883. The predicted molar refractivity (Wildman–Crippen MR) is 88.0 cm³/mol. The van der Waals surface area contributed by atoms with Crippen molar-refractivity contribution in [3.8, 4) is 0 Å². The molecular formula is C17H13N4O3-. The Bertz CT molecular complexity index is 846. The number of rotatable bonds is 4. The number of aromatic carboxylic acids is 1. The van der Waals surface area contributed by atoms with Crippen molar-refractivity contribution >= 4 is 29.0 Å². The van der Waals surface area contributed by atoms with E-state index in [0.29, 0.717) is 11.4 Å². The number of hydrazine groups is 1. The summed E-state index contributed by atoms with van der Waals surface area (Å²) in [5.41, 5.74) is 6.61. The molecular weight excluding hydrogens is 308 g/mol. The zero-order valence-electron chi connectivity index (χ0n) is 12.5. The van der Waals surface area contributed by atoms with E-state index in [1.807, 2.05) is 6.07 Å². The first-order chi connectivity index (χ1) is 11.6. The second kappa shape index (κ2) is 6.25. The van der Waals surface area contributed by atoms with Gasteiger partial charge in [-0.25, -0.2) is 5.01 Å². The molecule has 0 bridgehead atoms. The molecule has 3 rings (SSSR count). The van der Waals surface area contributed by atoms with Crippen LogP contribution in [0.1, 0.15) is 10.4 Å². The largest absolute Gasteiger partial charge is 0.545 e. The molecule has 1 amide bonds. The quantitative estimate of drug-likeness (QED) is 0.815. The standard InChI is InChI=1S/C17H14N4O3/c1-11-15(16(22)21(20-11)12-7-3-2-4-8-12)19-18-14-10-6-5-9-13(14)17(23)24/h2-10,18,20H,1H2,(H,23,24)/p-1/b19-15+. The number of benzene rings is 2. The molecule has 1 aliphatic rings. The second-order valence-corrected chi connectivity index (χ2v) is 4.97. The van der Waals surface area contributed by atoms with Gasteiger partial charge < -0.3 is 9.90 Å². The van der Waals surface area contributed by atoms with E-state index in [2.05, 4.69) is 22.5 Å². The number of hydrazone groups is 1. The smallest absolute Gasteiger partial charge is 0.299 e. The maximum Gasteiger partial charge on any atom is 0.299 e. The van der Waals surface area contributed by atoms with E-state index in [4.69, 9.17) is 0 Å². The van der Waals surface area contributed by atoms with Crippen LogP contribution in [0.2, 0.25) is 0 Å². The van der Waals surface area contributed by atoms with Crippen molar-refractivity contribution in [3.63, 3.8) is 0 Å². The zero-order chi connectivity index (χ0) is 17.1. The van der Waals surface area contributed by atoms with E-state index in [-0.39, 0.29) is 17.0 Å². The van der Waals surface area contributed by atoms with Gasteiger partial charge in [-0.05, 0) is 18.2 Å². The van der Waals surface area contributed by atoms with Gasteiger partial charge in [0.05, 0.1) is 23.0 Å². The van der Waals surface area contributed by atoms with E-state index in [9.17, 15) is 14.7 Å². The Labute approximate surface area is 137 Å². The number of anilines is 2. The fourth-order valence-corrected chi connectivity index (χ4v) is 2.22. The highest BCUT2D eigenvalue weighted by Crippen LogP contribution is 2.19. The number of para-hydroxylation sites is 2. The van der Waals surface area contributed by atoms with Crippen LogP contribution in [-0.4, -0.2) is 17.6 Å². The number of carbonyl (C=O) groups is 2. The van der Waals surface area contributed by atoms with Crippen LogP contribution < -0.4 is 21.0 Å². The first-order valence-electron chi connectivity index (χ1n) is 7.07. The SMILES string of the molecule is C=C1NN(c2ccccc2)C(=O)/C1=N/Nc1ccccc1C(=O)[O-]. The molecule has 2 N–H and O–H groups in total. The molecule has 1 saturated heterocycles. The van der Waals surface area contributed by atoms with Gasteiger partial charge in [-0.1, -0.05) is 43.0 Å². The Kier molecular flexibility index (Phi) is 3.98. The van der Waals surface area contributed by atoms with E-state index in [0.717, 1.165) is 0 Å². The number of hydrogen-bond donors (Lipinski definition) is 2. The van der Waals surface area contributed by atoms with Crippen LogP contribution >= 0.6 is 0 Å². The maximum atomic E-state index is 12.5. The molecule has 1 fully saturated rings. The van der Waals surface area contributed by atoms with Crippen molar-refractivity contribution in [1.82, 2.24) is 5.43 Å². The molecule has 0 saturated carbocycles. The Morgan fingerprint density at radius 2 is 1.79 bits per heavy atom. The van der Waals surface area contributed by atoms with Gasteiger partial charge in [-0.3, -0.25) is 15.6 Å². The molecule has 1 aliphatic heterocycles. The highest BCUT2D eigenvalue weighted by molar-refractivity contribution is 6.51. The fourth-order valence-electron chi connectivity index (χ4n) is 2.22. The molecule has 0 aromatic heterocycles. The van der Waals surface area contributed by atoms with Gasteiger partial charge in [-0.2, -0.15) is 5.10 Å². The van der Waals surface area contributed by atoms with Gasteiger partial charge in [0, 0.05) is 5.56 Å². The summed E-state index contributed by atoms with van der Waals surface area (Å²) in [4.78, 5) is 23.5. The third-order valence-electron chi connectivity index (χ3n) is 3.39. The van der Waals surface area contributed by atoms with Gasteiger partial charge >= 0.3 is 0 Å². The van der Waals surface area contributed by atoms with Crippen molar-refractivity contribution < 1.29 is 14.7 Å². The lowest BCUT2D eigenvalue weighted by atomic mass is 10.2. The number of carboxylic acid groups (broad SMARTS) is 1. The van der Waals surface area contributed by atoms with Crippen molar-refractivity contribution in [3.05, 3.63) is 72.4 Å². The summed E-state index contributed by atoms with van der Waals surface area (Å²) in [6.45, 7) is 3.76. The molecule has 0 aliphatic carbocycles. The molecule has 120 valence electrons. The normalized spacial score (nSPS) is 15.5. The minimum atomic E-state index is -1.33. The third kappa shape index (κ3) is 2.82. The number of nitrogens with one attached hydrogen (secondary N) is 2. The number of carbonyl (C=O) groups excluding carboxylic acids is 2. The summed E-state index contributed by atoms with van der Waals surface area (Å²) in [7, 11) is 0. The van der Waals surface area contributed by atoms with E-state index in [1.165, 1.54) is 17.1 Å². The first-order valence-corrected chi connectivity index (χ1v) is 7.07. The molecule has 24 heavy (non-hydrogen) atoms. The molecule has 1 heterocycles. The van der Waals surface area contributed by atoms with Gasteiger partial charge in [0.2, 0.25) is 0 Å². The van der Waals surface area contributed by atoms with E-state index < -0.39 is 11.9 Å². The number of nitrogens with zero attached hydrogens (tertiary/aromatic N) is 2. The molecule has 2 aromatic rings. The Morgan fingerprint density at radius 3 is 2.50 bits per heavy atom. The van der Waals surface area contributed by atoms with Crippen LogP contribution in [-0.2, 0) is 4.79 Å². The van der Waals surface area contributed by atoms with E-state index in [1.54, 1.807) is 36.4 Å². The summed E-state index contributed by atoms with van der Waals surface area (Å²) in [5, 5.41) is 16.4. The minimum absolute atomic E-state index is 0.0502. The van der Waals surface area contributed by atoms with Crippen molar-refractivity contribution in [1.29, 1.82) is 0 Å². The average Bonchev–Trinajstić information content (AvgIpc) is 2.88. The van der Waals surface area contributed by atoms with Gasteiger partial charge in [0.15, 0.2) is 5.71 Å². The lowest BCUT2D eigenvalue weighted by Crippen LogP contribution is -2.34. The average molecular weight is 321 g/mol. The second-order valence-electron chi connectivity index (χ2n) is 4.97. The zero-order valence-corrected chi connectivity index (χ0v) is 12.5. The molecule has 2 aromatic carbocycles. The van der Waals surface area contributed by atoms with Crippen LogP contribution in [0, 0.1) is 0 Å². The number of hydrogen-bond acceptors (Lipinski definition) is 6. The molecule has 0 radical (unpaired) electrons. The summed E-state index contributed by atoms with van der Waals surface area (Å²) in [6.07, 6.45) is 0. The lowest BCUT2D eigenvalue weighted by molar-refractivity contribution is -0.254. The first kappa shape index (κ1) is 15.3. The Hall–Kier alpha value is -3.61. The highest BCUT2D eigenvalue weighted by Gasteiger charge is 2.32. The molecule has 0 atom stereocenters. The Balaban J connectivity index is 1.85. The van der Waals surface area contributed by atoms with Crippen molar-refractivity contribution in [2.75, 3.05) is 10.4 Å². The minimum Gasteiger partial charge on any atom is -0.545 e. The maximum absolute atomic E-state index is 12.5. The highest BCUT2D eigenvalue weighted by atomic mass is 16.4. The monoisotopic (exact) mass is 321 g/mol. The Morgan fingerprint density at radius 1 is 1.12 bits per heavy atom. The molecule has 0 unspecified atom stereocenters. The van der Waals surface area contributed by atoms with Crippen LogP contribution in [0.3, 0.4) is 0 Å². The summed E-state index contributed by atoms with van der Waals surface area (Å²) in [5.74, 6) is -1.73. The van der Waals surface area contributed by atoms with Gasteiger partial charge in [-0.15, -0.1) is 0 Å².